The van der Waals surface area contributed by atoms with Gasteiger partial charge in [0, 0.05) is 35.4 Å². The van der Waals surface area contributed by atoms with Gasteiger partial charge in [-0.2, -0.15) is 0 Å². The first-order valence-electron chi connectivity index (χ1n) is 8.19. The minimum atomic E-state index is -0.863. The second kappa shape index (κ2) is 6.70. The number of carbonyl (C=O) groups excluding carboxylic acids is 2. The molecule has 1 aliphatic carbocycles. The van der Waals surface area contributed by atoms with Crippen molar-refractivity contribution in [2.24, 2.45) is 10.9 Å². The summed E-state index contributed by atoms with van der Waals surface area (Å²) in [5.41, 5.74) is 1.27. The number of hydrogen-bond acceptors (Lipinski definition) is 7. The molecule has 0 saturated heterocycles. The van der Waals surface area contributed by atoms with Crippen LogP contribution in [-0.4, -0.2) is 29.5 Å². The topological polar surface area (TPSA) is 122 Å². The number of methoxy groups -OCH3 is 1. The van der Waals surface area contributed by atoms with Gasteiger partial charge in [0.1, 0.15) is 5.92 Å². The van der Waals surface area contributed by atoms with Gasteiger partial charge in [-0.25, -0.2) is 0 Å². The summed E-state index contributed by atoms with van der Waals surface area (Å²) in [5.74, 6) is -3.04. The highest BCUT2D eigenvalue weighted by Gasteiger charge is 2.43. The van der Waals surface area contributed by atoms with Crippen LogP contribution < -0.4 is 5.11 Å². The molecule has 1 heterocycles. The van der Waals surface area contributed by atoms with Crippen LogP contribution in [0.25, 0.3) is 0 Å². The van der Waals surface area contributed by atoms with Gasteiger partial charge in [-0.15, -0.1) is 0 Å². The molecule has 0 radical (unpaired) electrons. The standard InChI is InChI=1S/C18H18N2O6/c1-9-15(18(23)26-2)16(17-11(19-9)4-3-5-14(17)22)10-6-7-13(21)12(8-10)20(24)25/h6-8,15-16,21H,3-5H2,1-2H3/p-1/t15?,16-/m0/s1. The van der Waals surface area contributed by atoms with Gasteiger partial charge < -0.3 is 9.84 Å². The number of ketones is 1. The maximum atomic E-state index is 12.6. The van der Waals surface area contributed by atoms with E-state index in [4.69, 9.17) is 4.74 Å². The molecule has 0 spiro atoms. The molecule has 2 aliphatic rings. The first-order valence-corrected chi connectivity index (χ1v) is 8.19. The summed E-state index contributed by atoms with van der Waals surface area (Å²) in [5, 5.41) is 22.9. The molecular formula is C18H17N2O6-. The summed E-state index contributed by atoms with van der Waals surface area (Å²) in [7, 11) is 1.24. The SMILES string of the molecule is COC(=O)C1C(C)=NC2=C(C(=O)CCC2)[C@H]1c1ccc([O-])c([N+](=O)[O-])c1. The molecule has 8 nitrogen and oxygen atoms in total. The number of hydrogen-bond donors (Lipinski definition) is 0. The number of nitro benzene ring substituents is 1. The van der Waals surface area contributed by atoms with Crippen molar-refractivity contribution < 1.29 is 24.4 Å². The van der Waals surface area contributed by atoms with Gasteiger partial charge in [-0.05, 0) is 31.1 Å². The second-order valence-electron chi connectivity index (χ2n) is 6.35. The normalized spacial score (nSPS) is 22.5. The number of nitro groups is 1. The minimum absolute atomic E-state index is 0.129. The maximum Gasteiger partial charge on any atom is 0.315 e. The average Bonchev–Trinajstić information content (AvgIpc) is 2.60. The fraction of sp³-hybridized carbons (Fsp3) is 0.389. The first kappa shape index (κ1) is 17.8. The van der Waals surface area contributed by atoms with Crippen molar-refractivity contribution in [3.63, 3.8) is 0 Å². The first-order chi connectivity index (χ1) is 12.3. The predicted octanol–water partition coefficient (Wildman–Crippen LogP) is 2.02. The Balaban J connectivity index is 2.22. The minimum Gasteiger partial charge on any atom is -0.868 e. The Morgan fingerprint density at radius 2 is 2.08 bits per heavy atom. The smallest absolute Gasteiger partial charge is 0.315 e. The van der Waals surface area contributed by atoms with Gasteiger partial charge in [-0.1, -0.05) is 12.1 Å². The highest BCUT2D eigenvalue weighted by atomic mass is 16.6. The molecule has 1 aliphatic heterocycles. The summed E-state index contributed by atoms with van der Waals surface area (Å²) >= 11 is 0. The van der Waals surface area contributed by atoms with Gasteiger partial charge in [0.05, 0.1) is 12.0 Å². The van der Waals surface area contributed by atoms with Gasteiger partial charge in [-0.3, -0.25) is 24.7 Å². The van der Waals surface area contributed by atoms with Crippen LogP contribution in [0.4, 0.5) is 5.69 Å². The maximum absolute atomic E-state index is 12.6. The molecule has 8 heteroatoms. The molecule has 3 rings (SSSR count). The van der Waals surface area contributed by atoms with Crippen molar-refractivity contribution in [1.29, 1.82) is 0 Å². The van der Waals surface area contributed by atoms with Crippen molar-refractivity contribution in [3.8, 4) is 5.75 Å². The monoisotopic (exact) mass is 357 g/mol. The van der Waals surface area contributed by atoms with Crippen LogP contribution in [0.15, 0.2) is 34.5 Å². The molecule has 0 bridgehead atoms. The zero-order chi connectivity index (χ0) is 19.0. The van der Waals surface area contributed by atoms with E-state index >= 15 is 0 Å². The van der Waals surface area contributed by atoms with E-state index in [1.54, 1.807) is 6.92 Å². The van der Waals surface area contributed by atoms with E-state index in [0.29, 0.717) is 41.8 Å². The van der Waals surface area contributed by atoms with E-state index in [1.165, 1.54) is 13.2 Å². The Labute approximate surface area is 149 Å². The fourth-order valence-corrected chi connectivity index (χ4v) is 3.67. The van der Waals surface area contributed by atoms with Gasteiger partial charge in [0.25, 0.3) is 5.69 Å². The lowest BCUT2D eigenvalue weighted by molar-refractivity contribution is -0.398. The summed E-state index contributed by atoms with van der Waals surface area (Å²) in [6.45, 7) is 1.67. The molecule has 0 saturated carbocycles. The van der Waals surface area contributed by atoms with Gasteiger partial charge in [0.15, 0.2) is 5.78 Å². The van der Waals surface area contributed by atoms with Gasteiger partial charge >= 0.3 is 5.97 Å². The Morgan fingerprint density at radius 1 is 1.35 bits per heavy atom. The quantitative estimate of drug-likeness (QED) is 0.463. The number of allylic oxidation sites excluding steroid dienone is 2. The third-order valence-electron chi connectivity index (χ3n) is 4.83. The van der Waals surface area contributed by atoms with Crippen LogP contribution in [0, 0.1) is 16.0 Å². The number of nitrogens with zero attached hydrogens (tertiary/aromatic N) is 2. The molecule has 0 fully saturated rings. The summed E-state index contributed by atoms with van der Waals surface area (Å²) in [4.78, 5) is 39.8. The average molecular weight is 357 g/mol. The number of Topliss-reactive ketones (excluding diaryl/α,β-unsaturated/α-hetero) is 1. The number of carbonyl (C=O) groups is 2. The van der Waals surface area contributed by atoms with E-state index in [9.17, 15) is 24.8 Å². The van der Waals surface area contributed by atoms with E-state index < -0.39 is 34.2 Å². The molecule has 0 amide bonds. The van der Waals surface area contributed by atoms with Gasteiger partial charge in [0.2, 0.25) is 0 Å². The Kier molecular flexibility index (Phi) is 4.58. The lowest BCUT2D eigenvalue weighted by atomic mass is 9.71. The zero-order valence-electron chi connectivity index (χ0n) is 14.4. The molecule has 1 aromatic rings. The summed E-state index contributed by atoms with van der Waals surface area (Å²) in [6.07, 6.45) is 1.60. The van der Waals surface area contributed by atoms with E-state index in [1.807, 2.05) is 0 Å². The van der Waals surface area contributed by atoms with Crippen molar-refractivity contribution in [1.82, 2.24) is 0 Å². The summed E-state index contributed by atoms with van der Waals surface area (Å²) < 4.78 is 4.88. The van der Waals surface area contributed by atoms with Crippen LogP contribution in [0.2, 0.25) is 0 Å². The highest BCUT2D eigenvalue weighted by Crippen LogP contribution is 2.44. The van der Waals surface area contributed by atoms with Crippen LogP contribution >= 0.6 is 0 Å². The predicted molar refractivity (Wildman–Crippen MR) is 89.8 cm³/mol. The van der Waals surface area contributed by atoms with Crippen LogP contribution in [0.3, 0.4) is 0 Å². The molecule has 1 unspecified atom stereocenters. The number of rotatable bonds is 3. The van der Waals surface area contributed by atoms with Crippen molar-refractivity contribution in [2.75, 3.05) is 7.11 Å². The zero-order valence-corrected chi connectivity index (χ0v) is 14.4. The number of ether oxygens (including phenoxy) is 1. The molecule has 2 atom stereocenters. The highest BCUT2D eigenvalue weighted by molar-refractivity contribution is 6.08. The Morgan fingerprint density at radius 3 is 2.73 bits per heavy atom. The van der Waals surface area contributed by atoms with E-state index in [0.717, 1.165) is 12.1 Å². The lowest BCUT2D eigenvalue weighted by Crippen LogP contribution is -2.37. The second-order valence-corrected chi connectivity index (χ2v) is 6.35. The van der Waals surface area contributed by atoms with Crippen LogP contribution in [-0.2, 0) is 14.3 Å². The van der Waals surface area contributed by atoms with Crippen molar-refractivity contribution >= 4 is 23.2 Å². The number of benzene rings is 1. The third-order valence-corrected chi connectivity index (χ3v) is 4.83. The lowest BCUT2D eigenvalue weighted by Gasteiger charge is -2.34. The van der Waals surface area contributed by atoms with Crippen LogP contribution in [0.1, 0.15) is 37.7 Å². The fourth-order valence-electron chi connectivity index (χ4n) is 3.67. The summed E-state index contributed by atoms with van der Waals surface area (Å²) in [6, 6.07) is 3.67. The Hall–Kier alpha value is -3.03. The van der Waals surface area contributed by atoms with Crippen molar-refractivity contribution in [2.45, 2.75) is 32.1 Å². The Bertz CT molecular complexity index is 870. The largest absolute Gasteiger partial charge is 0.868 e. The molecule has 26 heavy (non-hydrogen) atoms. The molecule has 1 aromatic carbocycles. The third kappa shape index (κ3) is 2.87. The number of esters is 1. The molecule has 0 N–H and O–H groups in total. The number of aliphatic imine (C=N–C) groups is 1. The van der Waals surface area contributed by atoms with Crippen LogP contribution in [0.5, 0.6) is 5.75 Å². The van der Waals surface area contributed by atoms with Crippen molar-refractivity contribution in [3.05, 3.63) is 45.1 Å². The molecular weight excluding hydrogens is 340 g/mol. The van der Waals surface area contributed by atoms with E-state index in [2.05, 4.69) is 4.99 Å². The molecule has 0 aromatic heterocycles. The van der Waals surface area contributed by atoms with E-state index in [-0.39, 0.29) is 5.78 Å². The molecule has 136 valence electrons.